The highest BCUT2D eigenvalue weighted by molar-refractivity contribution is 14.1. The van der Waals surface area contributed by atoms with Gasteiger partial charge in [0.05, 0.1) is 0 Å². The van der Waals surface area contributed by atoms with E-state index in [1.807, 2.05) is 0 Å². The molecule has 7 heteroatoms. The fourth-order valence-electron chi connectivity index (χ4n) is 3.53. The summed E-state index contributed by atoms with van der Waals surface area (Å²) in [4.78, 5) is 34.1. The molecule has 0 aromatic heterocycles. The number of rotatable bonds is 16. The number of carbonyl (C=O) groups is 3. The Labute approximate surface area is 196 Å². The first-order chi connectivity index (χ1) is 13.8. The van der Waals surface area contributed by atoms with E-state index in [-0.39, 0.29) is 15.2 Å². The number of carbonyl (C=O) groups excluding carboxylic acids is 2. The molecule has 0 aliphatic rings. The molecule has 0 aromatic rings. The highest BCUT2D eigenvalue weighted by Gasteiger charge is 2.29. The number of hydrogen-bond donors (Lipinski definition) is 3. The third-order valence-electron chi connectivity index (χ3n) is 6.66. The molecule has 3 N–H and O–H groups in total. The van der Waals surface area contributed by atoms with Crippen LogP contribution in [0.3, 0.4) is 0 Å². The van der Waals surface area contributed by atoms with Gasteiger partial charge in [0.1, 0.15) is 6.04 Å². The molecule has 2 amide bonds. The van der Waals surface area contributed by atoms with Crippen LogP contribution in [0.1, 0.15) is 99.3 Å². The largest absolute Gasteiger partial charge is 0.480 e. The Morgan fingerprint density at radius 1 is 1.00 bits per heavy atom. The van der Waals surface area contributed by atoms with E-state index in [9.17, 15) is 14.4 Å². The Morgan fingerprint density at radius 3 is 2.13 bits per heavy atom. The van der Waals surface area contributed by atoms with Crippen LogP contribution in [-0.2, 0) is 9.59 Å². The SMILES string of the molecule is CCC(C)(CCC(C)(C)CCCC(=O)NCCCCC(NC(=O)I)C(=O)O)C(C)C. The minimum absolute atomic E-state index is 0.0572. The molecule has 0 radical (unpaired) electrons. The molecule has 0 aliphatic heterocycles. The molecule has 0 heterocycles. The van der Waals surface area contributed by atoms with Crippen LogP contribution in [-0.4, -0.2) is 33.5 Å². The van der Waals surface area contributed by atoms with Gasteiger partial charge in [-0.05, 0) is 61.7 Å². The second-order valence-corrected chi connectivity index (χ2v) is 10.8. The molecular formula is C23H43IN2O4. The maximum absolute atomic E-state index is 12.1. The van der Waals surface area contributed by atoms with E-state index in [2.05, 4.69) is 52.2 Å². The van der Waals surface area contributed by atoms with Gasteiger partial charge < -0.3 is 15.7 Å². The molecule has 176 valence electrons. The topological polar surface area (TPSA) is 95.5 Å². The Morgan fingerprint density at radius 2 is 1.63 bits per heavy atom. The minimum Gasteiger partial charge on any atom is -0.480 e. The number of unbranched alkanes of at least 4 members (excludes halogenated alkanes) is 1. The molecule has 0 aromatic carbocycles. The van der Waals surface area contributed by atoms with Crippen LogP contribution < -0.4 is 10.6 Å². The number of carboxylic acids is 1. The molecule has 0 saturated heterocycles. The van der Waals surface area contributed by atoms with Crippen LogP contribution in [0.2, 0.25) is 0 Å². The van der Waals surface area contributed by atoms with Crippen LogP contribution in [0.15, 0.2) is 0 Å². The summed E-state index contributed by atoms with van der Waals surface area (Å²) >= 11 is 1.53. The predicted molar refractivity (Wildman–Crippen MR) is 131 cm³/mol. The standard InChI is InChI=1S/C23H43IN2O4/c1-7-23(6,17(2)3)15-14-22(4,5)13-10-12-19(27)25-16-9-8-11-18(20(28)29)26-21(24)30/h17-18H,7-16H2,1-6H3,(H,25,27)(H,26,30)(H,28,29). The van der Waals surface area contributed by atoms with Crippen molar-refractivity contribution in [2.75, 3.05) is 6.54 Å². The van der Waals surface area contributed by atoms with E-state index >= 15 is 0 Å². The van der Waals surface area contributed by atoms with Crippen molar-refractivity contribution in [3.05, 3.63) is 0 Å². The summed E-state index contributed by atoms with van der Waals surface area (Å²) < 4.78 is -0.375. The van der Waals surface area contributed by atoms with Gasteiger partial charge in [-0.2, -0.15) is 0 Å². The van der Waals surface area contributed by atoms with Gasteiger partial charge in [0, 0.05) is 35.6 Å². The first-order valence-electron chi connectivity index (χ1n) is 11.3. The number of hydrogen-bond acceptors (Lipinski definition) is 3. The molecule has 0 fully saturated rings. The number of nitrogens with one attached hydrogen (secondary N) is 2. The second-order valence-electron chi connectivity index (χ2n) is 9.83. The molecule has 2 unspecified atom stereocenters. The van der Waals surface area contributed by atoms with Gasteiger partial charge in [0.15, 0.2) is 0 Å². The van der Waals surface area contributed by atoms with Gasteiger partial charge in [-0.25, -0.2) is 4.79 Å². The average Bonchev–Trinajstić information content (AvgIpc) is 2.64. The van der Waals surface area contributed by atoms with E-state index in [1.165, 1.54) is 41.9 Å². The zero-order chi connectivity index (χ0) is 23.4. The van der Waals surface area contributed by atoms with Crippen molar-refractivity contribution < 1.29 is 19.5 Å². The number of amides is 2. The maximum atomic E-state index is 12.1. The van der Waals surface area contributed by atoms with Crippen molar-refractivity contribution in [1.29, 1.82) is 0 Å². The maximum Gasteiger partial charge on any atom is 0.326 e. The third kappa shape index (κ3) is 12.7. The zero-order valence-corrected chi connectivity index (χ0v) is 21.9. The lowest BCUT2D eigenvalue weighted by Gasteiger charge is -2.36. The Kier molecular flexibility index (Phi) is 13.8. The lowest BCUT2D eigenvalue weighted by molar-refractivity contribution is -0.139. The average molecular weight is 539 g/mol. The number of aliphatic carboxylic acids is 1. The van der Waals surface area contributed by atoms with Gasteiger partial charge in [0.2, 0.25) is 5.91 Å². The quantitative estimate of drug-likeness (QED) is 0.0984. The molecule has 0 rings (SSSR count). The van der Waals surface area contributed by atoms with Crippen molar-refractivity contribution in [3.8, 4) is 0 Å². The van der Waals surface area contributed by atoms with E-state index in [4.69, 9.17) is 5.11 Å². The summed E-state index contributed by atoms with van der Waals surface area (Å²) in [7, 11) is 0. The zero-order valence-electron chi connectivity index (χ0n) is 19.8. The number of halogens is 1. The molecule has 6 nitrogen and oxygen atoms in total. The van der Waals surface area contributed by atoms with Crippen molar-refractivity contribution in [1.82, 2.24) is 10.6 Å². The molecule has 0 aliphatic carbocycles. The van der Waals surface area contributed by atoms with Gasteiger partial charge in [-0.1, -0.05) is 48.0 Å². The Hall–Kier alpha value is -0.860. The monoisotopic (exact) mass is 538 g/mol. The van der Waals surface area contributed by atoms with E-state index in [0.717, 1.165) is 12.8 Å². The fourth-order valence-corrected chi connectivity index (χ4v) is 3.91. The summed E-state index contributed by atoms with van der Waals surface area (Å²) in [6.45, 7) is 14.4. The predicted octanol–water partition coefficient (Wildman–Crippen LogP) is 5.92. The summed E-state index contributed by atoms with van der Waals surface area (Å²) in [5.74, 6) is -0.297. The highest BCUT2D eigenvalue weighted by Crippen LogP contribution is 2.40. The van der Waals surface area contributed by atoms with Crippen LogP contribution in [0.5, 0.6) is 0 Å². The molecule has 0 bridgehead atoms. The van der Waals surface area contributed by atoms with Gasteiger partial charge in [-0.15, -0.1) is 0 Å². The fraction of sp³-hybridized carbons (Fsp3) is 0.870. The smallest absolute Gasteiger partial charge is 0.326 e. The van der Waals surface area contributed by atoms with Crippen molar-refractivity contribution in [2.45, 2.75) is 105 Å². The molecule has 0 spiro atoms. The van der Waals surface area contributed by atoms with Gasteiger partial charge in [0.25, 0.3) is 3.91 Å². The van der Waals surface area contributed by atoms with Crippen LogP contribution in [0.25, 0.3) is 0 Å². The minimum atomic E-state index is -1.03. The highest BCUT2D eigenvalue weighted by atomic mass is 127. The molecular weight excluding hydrogens is 495 g/mol. The normalized spacial score (nSPS) is 14.8. The summed E-state index contributed by atoms with van der Waals surface area (Å²) in [5, 5.41) is 14.4. The Balaban J connectivity index is 4.06. The first-order valence-corrected chi connectivity index (χ1v) is 12.4. The van der Waals surface area contributed by atoms with Crippen LogP contribution >= 0.6 is 22.6 Å². The lowest BCUT2D eigenvalue weighted by Crippen LogP contribution is -2.38. The van der Waals surface area contributed by atoms with Crippen molar-refractivity contribution in [2.24, 2.45) is 16.7 Å². The van der Waals surface area contributed by atoms with E-state index < -0.39 is 12.0 Å². The summed E-state index contributed by atoms with van der Waals surface area (Å²) in [6.07, 6.45) is 7.73. The first kappa shape index (κ1) is 29.1. The molecule has 2 atom stereocenters. The van der Waals surface area contributed by atoms with Crippen LogP contribution in [0, 0.1) is 16.7 Å². The lowest BCUT2D eigenvalue weighted by atomic mass is 9.69. The molecule has 0 saturated carbocycles. The van der Waals surface area contributed by atoms with Crippen molar-refractivity contribution >= 4 is 38.4 Å². The van der Waals surface area contributed by atoms with E-state index in [1.54, 1.807) is 0 Å². The van der Waals surface area contributed by atoms with Crippen LogP contribution in [0.4, 0.5) is 4.79 Å². The van der Waals surface area contributed by atoms with Crippen molar-refractivity contribution in [3.63, 3.8) is 0 Å². The second kappa shape index (κ2) is 14.2. The van der Waals surface area contributed by atoms with Gasteiger partial charge in [-0.3, -0.25) is 9.59 Å². The summed E-state index contributed by atoms with van der Waals surface area (Å²) in [6, 6.07) is -0.863. The Bertz CT molecular complexity index is 551. The van der Waals surface area contributed by atoms with Gasteiger partial charge >= 0.3 is 5.97 Å². The summed E-state index contributed by atoms with van der Waals surface area (Å²) in [5.41, 5.74) is 0.619. The number of carboxylic acid groups (broad SMARTS) is 1. The molecule has 30 heavy (non-hydrogen) atoms. The van der Waals surface area contributed by atoms with E-state index in [0.29, 0.717) is 43.6 Å². The third-order valence-corrected chi connectivity index (χ3v) is 6.97.